The third-order valence-electron chi connectivity index (χ3n) is 4.54. The predicted molar refractivity (Wildman–Crippen MR) is 108 cm³/mol. The number of rotatable bonds is 4. The maximum Gasteiger partial charge on any atom is 0.232 e. The average Bonchev–Trinajstić information content (AvgIpc) is 2.99. The van der Waals surface area contributed by atoms with Crippen LogP contribution in [-0.2, 0) is 11.2 Å². The van der Waals surface area contributed by atoms with E-state index < -0.39 is 0 Å². The lowest BCUT2D eigenvalue weighted by Gasteiger charge is -2.23. The molecule has 3 aromatic rings. The highest BCUT2D eigenvalue weighted by atomic mass is 16.1. The van der Waals surface area contributed by atoms with Crippen LogP contribution in [0, 0.1) is 0 Å². The Morgan fingerprint density at radius 2 is 1.81 bits per heavy atom. The van der Waals surface area contributed by atoms with E-state index >= 15 is 0 Å². The minimum Gasteiger partial charge on any atom is -0.340 e. The third-order valence-corrected chi connectivity index (χ3v) is 4.54. The zero-order valence-electron chi connectivity index (χ0n) is 15.3. The Morgan fingerprint density at radius 1 is 1.07 bits per heavy atom. The molecule has 1 aliphatic heterocycles. The second kappa shape index (κ2) is 7.07. The number of benzene rings is 2. The van der Waals surface area contributed by atoms with E-state index in [-0.39, 0.29) is 5.91 Å². The van der Waals surface area contributed by atoms with Gasteiger partial charge in [-0.05, 0) is 55.3 Å². The van der Waals surface area contributed by atoms with Crippen LogP contribution < -0.4 is 15.5 Å². The number of hydrogen-bond acceptors (Lipinski definition) is 5. The summed E-state index contributed by atoms with van der Waals surface area (Å²) in [6.45, 7) is 3.68. The highest BCUT2D eigenvalue weighted by Crippen LogP contribution is 2.36. The first-order valence-corrected chi connectivity index (χ1v) is 8.95. The molecule has 0 spiro atoms. The van der Waals surface area contributed by atoms with E-state index in [0.717, 1.165) is 23.6 Å². The first kappa shape index (κ1) is 17.0. The van der Waals surface area contributed by atoms with Crippen LogP contribution in [0.2, 0.25) is 0 Å². The van der Waals surface area contributed by atoms with E-state index in [1.54, 1.807) is 6.20 Å². The lowest BCUT2D eigenvalue weighted by atomic mass is 10.1. The second-order valence-corrected chi connectivity index (χ2v) is 6.68. The number of para-hydroxylation sites is 1. The number of nitrogens with zero attached hydrogens (tertiary/aromatic N) is 3. The zero-order valence-corrected chi connectivity index (χ0v) is 15.3. The third kappa shape index (κ3) is 3.60. The number of aromatic nitrogens is 2. The van der Waals surface area contributed by atoms with Crippen LogP contribution in [-0.4, -0.2) is 21.9 Å². The summed E-state index contributed by atoms with van der Waals surface area (Å²) in [7, 11) is 0. The predicted octanol–water partition coefficient (Wildman–Crippen LogP) is 4.26. The van der Waals surface area contributed by atoms with Gasteiger partial charge in [-0.1, -0.05) is 18.2 Å². The van der Waals surface area contributed by atoms with Gasteiger partial charge in [-0.15, -0.1) is 0 Å². The van der Waals surface area contributed by atoms with Crippen LogP contribution in [0.25, 0.3) is 0 Å². The van der Waals surface area contributed by atoms with Gasteiger partial charge < -0.3 is 15.5 Å². The number of hydrogen-bond donors (Lipinski definition) is 2. The summed E-state index contributed by atoms with van der Waals surface area (Å²) >= 11 is 0. The van der Waals surface area contributed by atoms with Gasteiger partial charge in [0.2, 0.25) is 11.9 Å². The summed E-state index contributed by atoms with van der Waals surface area (Å²) < 4.78 is 0. The molecule has 1 aromatic heterocycles. The van der Waals surface area contributed by atoms with Crippen LogP contribution in [0.1, 0.15) is 19.4 Å². The fraction of sp³-hybridized carbons (Fsp3) is 0.190. The van der Waals surface area contributed by atoms with Crippen molar-refractivity contribution in [3.8, 4) is 0 Å². The molecule has 0 aliphatic carbocycles. The van der Waals surface area contributed by atoms with Gasteiger partial charge in [0, 0.05) is 36.2 Å². The Hall–Kier alpha value is -3.41. The van der Waals surface area contributed by atoms with E-state index in [9.17, 15) is 4.79 Å². The van der Waals surface area contributed by atoms with E-state index in [2.05, 4.69) is 45.6 Å². The molecule has 1 aliphatic rings. The highest BCUT2D eigenvalue weighted by Gasteiger charge is 2.28. The van der Waals surface area contributed by atoms with Gasteiger partial charge in [0.05, 0.1) is 0 Å². The zero-order chi connectivity index (χ0) is 18.8. The second-order valence-electron chi connectivity index (χ2n) is 6.68. The fourth-order valence-electron chi connectivity index (χ4n) is 3.39. The number of nitrogens with one attached hydrogen (secondary N) is 2. The smallest absolute Gasteiger partial charge is 0.232 e. The molecular weight excluding hydrogens is 338 g/mol. The maximum atomic E-state index is 11.1. The average molecular weight is 359 g/mol. The molecule has 0 fully saturated rings. The molecule has 6 heteroatoms. The molecular formula is C21H21N5O. The Bertz CT molecular complexity index is 970. The SMILES string of the molecule is CC(=O)Nc1ccc(Nc2ccnc(N3c4ccccc4CC3C)n2)cc1. The standard InChI is InChI=1S/C21H21N5O/c1-14-13-16-5-3-4-6-19(16)26(14)21-22-12-11-20(25-21)24-18-9-7-17(8-10-18)23-15(2)27/h3-12,14H,13H2,1-2H3,(H,23,27)(H,22,24,25). The molecule has 1 unspecified atom stereocenters. The summed E-state index contributed by atoms with van der Waals surface area (Å²) in [6.07, 6.45) is 2.76. The summed E-state index contributed by atoms with van der Waals surface area (Å²) in [5.74, 6) is 1.33. The lowest BCUT2D eigenvalue weighted by molar-refractivity contribution is -0.114. The van der Waals surface area contributed by atoms with Crippen LogP contribution in [0.4, 0.5) is 28.8 Å². The van der Waals surface area contributed by atoms with Crippen molar-refractivity contribution in [2.45, 2.75) is 26.3 Å². The minimum absolute atomic E-state index is 0.0869. The molecule has 27 heavy (non-hydrogen) atoms. The molecule has 0 saturated carbocycles. The molecule has 2 N–H and O–H groups in total. The van der Waals surface area contributed by atoms with Gasteiger partial charge in [-0.3, -0.25) is 4.79 Å². The van der Waals surface area contributed by atoms with Gasteiger partial charge in [0.1, 0.15) is 5.82 Å². The Labute approximate surface area is 158 Å². The summed E-state index contributed by atoms with van der Waals surface area (Å²) in [6, 6.07) is 18.1. The fourth-order valence-corrected chi connectivity index (χ4v) is 3.39. The number of fused-ring (bicyclic) bond motifs is 1. The number of carbonyl (C=O) groups excluding carboxylic acids is 1. The largest absolute Gasteiger partial charge is 0.340 e. The van der Waals surface area contributed by atoms with Crippen molar-refractivity contribution in [3.05, 3.63) is 66.4 Å². The molecule has 1 amide bonds. The Kier molecular flexibility index (Phi) is 4.46. The highest BCUT2D eigenvalue weighted by molar-refractivity contribution is 5.88. The lowest BCUT2D eigenvalue weighted by Crippen LogP contribution is -2.25. The first-order chi connectivity index (χ1) is 13.1. The van der Waals surface area contributed by atoms with Gasteiger partial charge in [0.25, 0.3) is 0 Å². The van der Waals surface area contributed by atoms with E-state index in [4.69, 9.17) is 4.98 Å². The van der Waals surface area contributed by atoms with Crippen molar-refractivity contribution in [2.24, 2.45) is 0 Å². The maximum absolute atomic E-state index is 11.1. The molecule has 1 atom stereocenters. The van der Waals surface area contributed by atoms with E-state index in [0.29, 0.717) is 12.0 Å². The van der Waals surface area contributed by atoms with E-state index in [1.807, 2.05) is 36.4 Å². The molecule has 2 aromatic carbocycles. The first-order valence-electron chi connectivity index (χ1n) is 8.95. The van der Waals surface area contributed by atoms with Gasteiger partial charge >= 0.3 is 0 Å². The molecule has 6 nitrogen and oxygen atoms in total. The number of amides is 1. The van der Waals surface area contributed by atoms with Crippen molar-refractivity contribution in [1.29, 1.82) is 0 Å². The number of carbonyl (C=O) groups is 1. The van der Waals surface area contributed by atoms with Crippen LogP contribution >= 0.6 is 0 Å². The van der Waals surface area contributed by atoms with Crippen molar-refractivity contribution in [3.63, 3.8) is 0 Å². The summed E-state index contributed by atoms with van der Waals surface area (Å²) in [4.78, 5) is 22.5. The van der Waals surface area contributed by atoms with E-state index in [1.165, 1.54) is 18.2 Å². The number of anilines is 5. The molecule has 4 rings (SSSR count). The minimum atomic E-state index is -0.0869. The molecule has 0 radical (unpaired) electrons. The van der Waals surface area contributed by atoms with Gasteiger partial charge in [-0.25, -0.2) is 4.98 Å². The molecule has 136 valence electrons. The Balaban J connectivity index is 1.56. The van der Waals surface area contributed by atoms with Crippen LogP contribution in [0.3, 0.4) is 0 Å². The van der Waals surface area contributed by atoms with Crippen molar-refractivity contribution >= 4 is 34.7 Å². The van der Waals surface area contributed by atoms with Gasteiger partial charge in [0.15, 0.2) is 0 Å². The van der Waals surface area contributed by atoms with Crippen LogP contribution in [0.15, 0.2) is 60.8 Å². The molecule has 2 heterocycles. The van der Waals surface area contributed by atoms with Gasteiger partial charge in [-0.2, -0.15) is 4.98 Å². The van der Waals surface area contributed by atoms with Crippen molar-refractivity contribution < 1.29 is 4.79 Å². The topological polar surface area (TPSA) is 70.2 Å². The summed E-state index contributed by atoms with van der Waals surface area (Å²) in [5.41, 5.74) is 4.14. The normalized spacial score (nSPS) is 15.3. The van der Waals surface area contributed by atoms with Crippen molar-refractivity contribution in [2.75, 3.05) is 15.5 Å². The summed E-state index contributed by atoms with van der Waals surface area (Å²) in [5, 5.41) is 6.05. The Morgan fingerprint density at radius 3 is 2.59 bits per heavy atom. The van der Waals surface area contributed by atoms with Crippen molar-refractivity contribution in [1.82, 2.24) is 9.97 Å². The van der Waals surface area contributed by atoms with Crippen LogP contribution in [0.5, 0.6) is 0 Å². The molecule has 0 saturated heterocycles. The monoisotopic (exact) mass is 359 g/mol. The quantitative estimate of drug-likeness (QED) is 0.728. The molecule has 0 bridgehead atoms.